The maximum atomic E-state index is 2.51. The second-order valence-corrected chi connectivity index (χ2v) is 11.6. The zero-order valence-electron chi connectivity index (χ0n) is 19.0. The van der Waals surface area contributed by atoms with Crippen LogP contribution in [0.4, 0.5) is 0 Å². The van der Waals surface area contributed by atoms with Gasteiger partial charge in [0, 0.05) is 5.04 Å². The summed E-state index contributed by atoms with van der Waals surface area (Å²) in [6.07, 6.45) is 0. The number of hydrogen-bond acceptors (Lipinski definition) is 0. The van der Waals surface area contributed by atoms with E-state index in [-0.39, 0.29) is 5.04 Å². The van der Waals surface area contributed by atoms with Crippen LogP contribution in [-0.2, 0) is 0 Å². The second kappa shape index (κ2) is 7.89. The van der Waals surface area contributed by atoms with Crippen LogP contribution in [0.2, 0.25) is 5.04 Å². The van der Waals surface area contributed by atoms with Gasteiger partial charge in [0.1, 0.15) is 8.80 Å². The van der Waals surface area contributed by atoms with E-state index >= 15 is 0 Å². The molecule has 0 bridgehead atoms. The molecule has 1 heteroatoms. The Bertz CT molecular complexity index is 1100. The zero-order chi connectivity index (χ0) is 21.5. The van der Waals surface area contributed by atoms with Crippen molar-refractivity contribution in [1.29, 1.82) is 0 Å². The molecule has 0 saturated heterocycles. The lowest BCUT2D eigenvalue weighted by atomic mass is 9.90. The molecule has 0 amide bonds. The summed E-state index contributed by atoms with van der Waals surface area (Å²) in [7, 11) is -1.16. The maximum absolute atomic E-state index is 2.51. The topological polar surface area (TPSA) is 0 Å². The Morgan fingerprint density at radius 3 is 1.53 bits per heavy atom. The van der Waals surface area contributed by atoms with Crippen molar-refractivity contribution in [2.45, 2.75) is 46.6 Å². The molecule has 1 unspecified atom stereocenters. The van der Waals surface area contributed by atoms with Crippen LogP contribution in [-0.4, -0.2) is 8.80 Å². The fourth-order valence-corrected chi connectivity index (χ4v) is 9.21. The average Bonchev–Trinajstić information content (AvgIpc) is 2.92. The SMILES string of the molecule is CC1=C(C)C(C)([Si](c2ccccc2C)c2ccccc2C)C(c2ccccc2)=C1C. The van der Waals surface area contributed by atoms with Crippen LogP contribution in [0.15, 0.2) is 95.6 Å². The van der Waals surface area contributed by atoms with Crippen LogP contribution >= 0.6 is 0 Å². The molecule has 0 heterocycles. The Morgan fingerprint density at radius 1 is 0.567 bits per heavy atom. The van der Waals surface area contributed by atoms with Crippen LogP contribution in [0.25, 0.3) is 5.57 Å². The Morgan fingerprint density at radius 2 is 1.03 bits per heavy atom. The third-order valence-corrected chi connectivity index (χ3v) is 11.0. The minimum absolute atomic E-state index is 0.0155. The molecule has 30 heavy (non-hydrogen) atoms. The van der Waals surface area contributed by atoms with Crippen molar-refractivity contribution in [3.8, 4) is 0 Å². The third-order valence-electron chi connectivity index (χ3n) is 7.14. The van der Waals surface area contributed by atoms with E-state index < -0.39 is 8.80 Å². The molecule has 0 saturated carbocycles. The summed E-state index contributed by atoms with van der Waals surface area (Å²) in [5.41, 5.74) is 10.1. The Labute approximate surface area is 183 Å². The normalized spacial score (nSPS) is 19.2. The molecular formula is C29H31Si. The van der Waals surface area contributed by atoms with E-state index in [1.54, 1.807) is 0 Å². The first-order valence-electron chi connectivity index (χ1n) is 10.8. The summed E-state index contributed by atoms with van der Waals surface area (Å²) in [6.45, 7) is 14.1. The van der Waals surface area contributed by atoms with Gasteiger partial charge in [0.15, 0.2) is 0 Å². The van der Waals surface area contributed by atoms with Gasteiger partial charge in [-0.1, -0.05) is 113 Å². The zero-order valence-corrected chi connectivity index (χ0v) is 20.0. The van der Waals surface area contributed by atoms with E-state index in [2.05, 4.69) is 120 Å². The summed E-state index contributed by atoms with van der Waals surface area (Å²) in [4.78, 5) is 0. The van der Waals surface area contributed by atoms with Crippen LogP contribution in [0, 0.1) is 13.8 Å². The third kappa shape index (κ3) is 3.13. The first-order chi connectivity index (χ1) is 14.4. The Hall–Kier alpha value is -2.64. The molecule has 151 valence electrons. The van der Waals surface area contributed by atoms with Crippen molar-refractivity contribution >= 4 is 24.7 Å². The fourth-order valence-electron chi connectivity index (χ4n) is 5.22. The van der Waals surface area contributed by atoms with Gasteiger partial charge in [0.05, 0.1) is 0 Å². The number of aryl methyl sites for hydroxylation is 2. The van der Waals surface area contributed by atoms with Crippen molar-refractivity contribution < 1.29 is 0 Å². The summed E-state index contributed by atoms with van der Waals surface area (Å²) >= 11 is 0. The van der Waals surface area contributed by atoms with Crippen molar-refractivity contribution in [1.82, 2.24) is 0 Å². The number of benzene rings is 3. The van der Waals surface area contributed by atoms with Gasteiger partial charge < -0.3 is 0 Å². The largest absolute Gasteiger partial charge is 0.136 e. The van der Waals surface area contributed by atoms with Crippen molar-refractivity contribution in [3.63, 3.8) is 0 Å². The summed E-state index contributed by atoms with van der Waals surface area (Å²) < 4.78 is 0. The van der Waals surface area contributed by atoms with Gasteiger partial charge in [-0.25, -0.2) is 0 Å². The predicted octanol–water partition coefficient (Wildman–Crippen LogP) is 6.50. The predicted molar refractivity (Wildman–Crippen MR) is 133 cm³/mol. The molecule has 3 aromatic carbocycles. The highest BCUT2D eigenvalue weighted by Crippen LogP contribution is 2.58. The lowest BCUT2D eigenvalue weighted by molar-refractivity contribution is 0.901. The van der Waals surface area contributed by atoms with Gasteiger partial charge in [-0.2, -0.15) is 0 Å². The van der Waals surface area contributed by atoms with Crippen LogP contribution in [0.3, 0.4) is 0 Å². The quantitative estimate of drug-likeness (QED) is 0.433. The minimum atomic E-state index is -1.16. The van der Waals surface area contributed by atoms with Gasteiger partial charge >= 0.3 is 0 Å². The highest BCUT2D eigenvalue weighted by atomic mass is 28.3. The minimum Gasteiger partial charge on any atom is -0.0625 e. The van der Waals surface area contributed by atoms with Gasteiger partial charge in [-0.3, -0.25) is 0 Å². The molecule has 1 atom stereocenters. The molecule has 3 aromatic rings. The van der Waals surface area contributed by atoms with E-state index in [9.17, 15) is 0 Å². The van der Waals surface area contributed by atoms with Crippen LogP contribution in [0.5, 0.6) is 0 Å². The van der Waals surface area contributed by atoms with Crippen molar-refractivity contribution in [2.75, 3.05) is 0 Å². The van der Waals surface area contributed by atoms with Gasteiger partial charge in [0.2, 0.25) is 0 Å². The smallest absolute Gasteiger partial charge is 0.0625 e. The molecule has 1 radical (unpaired) electrons. The van der Waals surface area contributed by atoms with Crippen molar-refractivity contribution in [3.05, 3.63) is 112 Å². The van der Waals surface area contributed by atoms with E-state index in [1.807, 2.05) is 0 Å². The van der Waals surface area contributed by atoms with Crippen molar-refractivity contribution in [2.24, 2.45) is 0 Å². The van der Waals surface area contributed by atoms with E-state index in [1.165, 1.54) is 49.4 Å². The first-order valence-corrected chi connectivity index (χ1v) is 12.3. The molecule has 1 aliphatic carbocycles. The molecule has 0 fully saturated rings. The molecule has 0 aromatic heterocycles. The van der Waals surface area contributed by atoms with E-state index in [4.69, 9.17) is 0 Å². The highest BCUT2D eigenvalue weighted by Gasteiger charge is 2.48. The van der Waals surface area contributed by atoms with E-state index in [0.717, 1.165) is 0 Å². The van der Waals surface area contributed by atoms with Gasteiger partial charge in [-0.15, -0.1) is 0 Å². The van der Waals surface area contributed by atoms with Gasteiger partial charge in [0.25, 0.3) is 0 Å². The number of hydrogen-bond donors (Lipinski definition) is 0. The van der Waals surface area contributed by atoms with E-state index in [0.29, 0.717) is 0 Å². The molecular weight excluding hydrogens is 376 g/mol. The molecule has 0 nitrogen and oxygen atoms in total. The fraction of sp³-hybridized carbons (Fsp3) is 0.241. The first kappa shape index (κ1) is 20.6. The summed E-state index contributed by atoms with van der Waals surface area (Å²) in [5, 5.41) is 3.03. The maximum Gasteiger partial charge on any atom is 0.136 e. The monoisotopic (exact) mass is 407 g/mol. The highest BCUT2D eigenvalue weighted by molar-refractivity contribution is 6.90. The standard InChI is InChI=1S/C29H31Si/c1-20-14-10-12-18-26(20)30(27-19-13-11-15-21(27)2)29(6)24(5)22(3)23(4)28(29)25-16-8-7-9-17-25/h7-19H,1-6H3. The molecule has 0 spiro atoms. The lowest BCUT2D eigenvalue weighted by Gasteiger charge is -2.40. The Kier molecular flexibility index (Phi) is 5.42. The van der Waals surface area contributed by atoms with Crippen LogP contribution in [0.1, 0.15) is 44.4 Å². The Balaban J connectivity index is 2.07. The summed E-state index contributed by atoms with van der Waals surface area (Å²) in [5.74, 6) is 0. The molecule has 4 rings (SSSR count). The lowest BCUT2D eigenvalue weighted by Crippen LogP contribution is -2.53. The number of rotatable bonds is 4. The van der Waals surface area contributed by atoms with Crippen LogP contribution < -0.4 is 10.4 Å². The molecule has 0 N–H and O–H groups in total. The number of allylic oxidation sites excluding steroid dienone is 4. The molecule has 0 aliphatic heterocycles. The summed E-state index contributed by atoms with van der Waals surface area (Å²) in [6, 6.07) is 29.1. The average molecular weight is 408 g/mol. The molecule has 1 aliphatic rings. The van der Waals surface area contributed by atoms with Gasteiger partial charge in [-0.05, 0) is 56.9 Å². The second-order valence-electron chi connectivity index (χ2n) is 8.75.